The lowest BCUT2D eigenvalue weighted by Gasteiger charge is -2.18. The van der Waals surface area contributed by atoms with E-state index >= 15 is 0 Å². The summed E-state index contributed by atoms with van der Waals surface area (Å²) in [6.07, 6.45) is 85.8. The molecule has 1 unspecified atom stereocenters. The number of allylic oxidation sites excluding steroid dienone is 8. The van der Waals surface area contributed by atoms with Crippen LogP contribution in [0.1, 0.15) is 380 Å². The van der Waals surface area contributed by atoms with Crippen molar-refractivity contribution in [2.24, 2.45) is 0 Å². The lowest BCUT2D eigenvalue weighted by molar-refractivity contribution is -0.167. The standard InChI is InChI=1S/C73H134O6/c1-4-7-10-13-16-19-22-25-28-30-31-32-33-34-35-36-37-38-39-40-41-42-44-45-48-51-54-57-60-63-66-72(75)78-69-70(68-77-71(74)65-62-59-56-53-50-47-27-24-21-18-15-12-9-6-3)79-73(76)67-64-61-58-55-52-49-46-43-29-26-23-20-17-14-11-8-5-2/h8,11,17,20,26,29,46,49,70H,4-7,9-10,12-16,18-19,21-25,27-28,30-45,47-48,50-69H2,1-3H3/b11-8-,20-17-,29-26-,49-46-. The second-order valence-corrected chi connectivity index (χ2v) is 23.8. The largest absolute Gasteiger partial charge is 0.462 e. The highest BCUT2D eigenvalue weighted by atomic mass is 16.6. The second kappa shape index (κ2) is 67.9. The fourth-order valence-corrected chi connectivity index (χ4v) is 10.6. The Kier molecular flexibility index (Phi) is 65.6. The predicted molar refractivity (Wildman–Crippen MR) is 344 cm³/mol. The Labute approximate surface area is 492 Å². The molecule has 6 nitrogen and oxygen atoms in total. The van der Waals surface area contributed by atoms with Gasteiger partial charge in [-0.25, -0.2) is 0 Å². The first-order chi connectivity index (χ1) is 39.0. The Bertz CT molecular complexity index is 1360. The zero-order valence-corrected chi connectivity index (χ0v) is 53.2. The van der Waals surface area contributed by atoms with Gasteiger partial charge in [-0.2, -0.15) is 0 Å². The van der Waals surface area contributed by atoms with E-state index < -0.39 is 6.10 Å². The third kappa shape index (κ3) is 66.1. The molecule has 6 heteroatoms. The molecule has 462 valence electrons. The van der Waals surface area contributed by atoms with Crippen LogP contribution < -0.4 is 0 Å². The number of rotatable bonds is 65. The molecule has 0 rings (SSSR count). The molecule has 0 saturated heterocycles. The fraction of sp³-hybridized carbons (Fsp3) is 0.849. The van der Waals surface area contributed by atoms with E-state index in [-0.39, 0.29) is 31.1 Å². The average molecular weight is 1110 g/mol. The third-order valence-electron chi connectivity index (χ3n) is 15.8. The molecule has 0 fully saturated rings. The molecule has 0 aliphatic heterocycles. The molecule has 0 saturated carbocycles. The van der Waals surface area contributed by atoms with E-state index in [1.165, 1.54) is 244 Å². The first-order valence-electron chi connectivity index (χ1n) is 35.1. The summed E-state index contributed by atoms with van der Waals surface area (Å²) in [6.45, 7) is 6.57. The van der Waals surface area contributed by atoms with Crippen molar-refractivity contribution in [1.82, 2.24) is 0 Å². The van der Waals surface area contributed by atoms with Gasteiger partial charge in [0.25, 0.3) is 0 Å². The summed E-state index contributed by atoms with van der Waals surface area (Å²) in [6, 6.07) is 0. The molecular formula is C73H134O6. The summed E-state index contributed by atoms with van der Waals surface area (Å²) in [5, 5.41) is 0. The van der Waals surface area contributed by atoms with Gasteiger partial charge in [0.2, 0.25) is 0 Å². The Morgan fingerprint density at radius 2 is 0.494 bits per heavy atom. The number of carbonyl (C=O) groups excluding carboxylic acids is 3. The number of hydrogen-bond donors (Lipinski definition) is 0. The Hall–Kier alpha value is -2.63. The molecule has 0 N–H and O–H groups in total. The van der Waals surface area contributed by atoms with Crippen LogP contribution in [0.2, 0.25) is 0 Å². The lowest BCUT2D eigenvalue weighted by Crippen LogP contribution is -2.30. The van der Waals surface area contributed by atoms with Crippen molar-refractivity contribution < 1.29 is 28.6 Å². The molecule has 0 aromatic rings. The third-order valence-corrected chi connectivity index (χ3v) is 15.8. The summed E-state index contributed by atoms with van der Waals surface area (Å²) >= 11 is 0. The Balaban J connectivity index is 4.18. The molecule has 0 bridgehead atoms. The summed E-state index contributed by atoms with van der Waals surface area (Å²) < 4.78 is 17.0. The van der Waals surface area contributed by atoms with Gasteiger partial charge in [-0.05, 0) is 57.8 Å². The number of unbranched alkanes of at least 4 members (excludes halogenated alkanes) is 46. The minimum absolute atomic E-state index is 0.0782. The van der Waals surface area contributed by atoms with Crippen molar-refractivity contribution in [3.05, 3.63) is 48.6 Å². The van der Waals surface area contributed by atoms with Gasteiger partial charge in [0.05, 0.1) is 0 Å². The van der Waals surface area contributed by atoms with Gasteiger partial charge in [-0.3, -0.25) is 14.4 Å². The monoisotopic (exact) mass is 1110 g/mol. The molecular weight excluding hydrogens is 973 g/mol. The number of hydrogen-bond acceptors (Lipinski definition) is 6. The highest BCUT2D eigenvalue weighted by molar-refractivity contribution is 5.71. The Morgan fingerprint density at radius 1 is 0.266 bits per heavy atom. The SMILES string of the molecule is CC/C=C\C/C=C\C/C=C\C/C=C\CCCCCCC(=O)OC(COC(=O)CCCCCCCCCCCCCCCC)COC(=O)CCCCCCCCCCCCCCCCCCCCCCCCCCCCCCCC. The van der Waals surface area contributed by atoms with Gasteiger partial charge in [0.15, 0.2) is 6.10 Å². The minimum Gasteiger partial charge on any atom is -0.462 e. The smallest absolute Gasteiger partial charge is 0.306 e. The molecule has 0 radical (unpaired) electrons. The van der Waals surface area contributed by atoms with Gasteiger partial charge < -0.3 is 14.2 Å². The van der Waals surface area contributed by atoms with Gasteiger partial charge in [0.1, 0.15) is 13.2 Å². The summed E-state index contributed by atoms with van der Waals surface area (Å²) in [7, 11) is 0. The number of ether oxygens (including phenoxy) is 3. The predicted octanol–water partition coefficient (Wildman–Crippen LogP) is 24.1. The molecule has 0 aromatic heterocycles. The van der Waals surface area contributed by atoms with E-state index in [2.05, 4.69) is 69.4 Å². The van der Waals surface area contributed by atoms with Crippen molar-refractivity contribution in [3.8, 4) is 0 Å². The quantitative estimate of drug-likeness (QED) is 0.0261. The van der Waals surface area contributed by atoms with E-state index in [9.17, 15) is 14.4 Å². The minimum atomic E-state index is -0.784. The van der Waals surface area contributed by atoms with E-state index in [1.54, 1.807) is 0 Å². The molecule has 0 aliphatic rings. The van der Waals surface area contributed by atoms with Crippen LogP contribution in [-0.2, 0) is 28.6 Å². The summed E-state index contributed by atoms with van der Waals surface area (Å²) in [4.78, 5) is 38.4. The first-order valence-corrected chi connectivity index (χ1v) is 35.1. The zero-order chi connectivity index (χ0) is 57.1. The van der Waals surface area contributed by atoms with Crippen LogP contribution in [0.5, 0.6) is 0 Å². The topological polar surface area (TPSA) is 78.9 Å². The molecule has 0 aromatic carbocycles. The van der Waals surface area contributed by atoms with Crippen LogP contribution in [0.4, 0.5) is 0 Å². The first kappa shape index (κ1) is 76.4. The summed E-state index contributed by atoms with van der Waals surface area (Å²) in [5.74, 6) is -0.877. The Morgan fingerprint density at radius 3 is 0.772 bits per heavy atom. The highest BCUT2D eigenvalue weighted by Crippen LogP contribution is 2.19. The van der Waals surface area contributed by atoms with Crippen LogP contribution in [0.25, 0.3) is 0 Å². The lowest BCUT2D eigenvalue weighted by atomic mass is 10.0. The van der Waals surface area contributed by atoms with Crippen molar-refractivity contribution >= 4 is 17.9 Å². The fourth-order valence-electron chi connectivity index (χ4n) is 10.6. The molecule has 0 aliphatic carbocycles. The van der Waals surface area contributed by atoms with E-state index in [4.69, 9.17) is 14.2 Å². The van der Waals surface area contributed by atoms with E-state index in [0.29, 0.717) is 19.3 Å². The van der Waals surface area contributed by atoms with Crippen molar-refractivity contribution in [1.29, 1.82) is 0 Å². The van der Waals surface area contributed by atoms with E-state index in [1.807, 2.05) is 0 Å². The van der Waals surface area contributed by atoms with Gasteiger partial charge in [-0.15, -0.1) is 0 Å². The molecule has 79 heavy (non-hydrogen) atoms. The van der Waals surface area contributed by atoms with Gasteiger partial charge in [0, 0.05) is 19.3 Å². The van der Waals surface area contributed by atoms with Crippen LogP contribution in [0.15, 0.2) is 48.6 Å². The summed E-state index contributed by atoms with van der Waals surface area (Å²) in [5.41, 5.74) is 0. The number of esters is 3. The average Bonchev–Trinajstić information content (AvgIpc) is 3.45. The molecule has 1 atom stereocenters. The van der Waals surface area contributed by atoms with Crippen molar-refractivity contribution in [3.63, 3.8) is 0 Å². The molecule has 0 heterocycles. The maximum atomic E-state index is 12.9. The van der Waals surface area contributed by atoms with Gasteiger partial charge >= 0.3 is 17.9 Å². The molecule has 0 spiro atoms. The normalized spacial score (nSPS) is 12.3. The van der Waals surface area contributed by atoms with E-state index in [0.717, 1.165) is 96.3 Å². The zero-order valence-electron chi connectivity index (χ0n) is 53.2. The van der Waals surface area contributed by atoms with Crippen LogP contribution in [0.3, 0.4) is 0 Å². The maximum absolute atomic E-state index is 12.9. The highest BCUT2D eigenvalue weighted by Gasteiger charge is 2.19. The second-order valence-electron chi connectivity index (χ2n) is 23.8. The molecule has 0 amide bonds. The van der Waals surface area contributed by atoms with Crippen LogP contribution >= 0.6 is 0 Å². The van der Waals surface area contributed by atoms with Crippen molar-refractivity contribution in [2.45, 2.75) is 386 Å². The maximum Gasteiger partial charge on any atom is 0.306 e. The van der Waals surface area contributed by atoms with Crippen LogP contribution in [-0.4, -0.2) is 37.2 Å². The van der Waals surface area contributed by atoms with Crippen molar-refractivity contribution in [2.75, 3.05) is 13.2 Å². The van der Waals surface area contributed by atoms with Crippen LogP contribution in [0, 0.1) is 0 Å². The number of carbonyl (C=O) groups is 3. The van der Waals surface area contributed by atoms with Gasteiger partial charge in [-0.1, -0.05) is 352 Å².